The Hall–Kier alpha value is -0.860. The summed E-state index contributed by atoms with van der Waals surface area (Å²) in [5, 5.41) is 0. The molecule has 0 saturated heterocycles. The molecule has 1 aliphatic carbocycles. The van der Waals surface area contributed by atoms with Crippen molar-refractivity contribution in [2.45, 2.75) is 65.1 Å². The molecule has 0 heterocycles. The number of nitrogens with zero attached hydrogens (tertiary/aromatic N) is 1. The van der Waals surface area contributed by atoms with Gasteiger partial charge in [-0.05, 0) is 36.4 Å². The van der Waals surface area contributed by atoms with E-state index in [0.717, 1.165) is 25.0 Å². The van der Waals surface area contributed by atoms with E-state index in [1.165, 1.54) is 43.2 Å². The van der Waals surface area contributed by atoms with Crippen LogP contribution in [0, 0.1) is 5.92 Å². The maximum absolute atomic E-state index is 5.88. The first-order valence-corrected chi connectivity index (χ1v) is 8.31. The number of hydrogen-bond donors (Lipinski definition) is 1. The first-order chi connectivity index (χ1) is 9.80. The standard InChI is InChI=1S/C18H30N2/c1-3-15-9-7-8-12-18(15)20(4-2)14-17-11-6-5-10-16(17)13-19/h5-6,10-11,15,18H,3-4,7-9,12-14,19H2,1-2H3. The van der Waals surface area contributed by atoms with E-state index in [1.54, 1.807) is 0 Å². The molecule has 2 N–H and O–H groups in total. The molecular weight excluding hydrogens is 244 g/mol. The molecule has 1 saturated carbocycles. The Morgan fingerprint density at radius 1 is 1.10 bits per heavy atom. The second-order valence-corrected chi connectivity index (χ2v) is 6.06. The molecule has 1 aromatic carbocycles. The van der Waals surface area contributed by atoms with Crippen molar-refractivity contribution in [3.05, 3.63) is 35.4 Å². The van der Waals surface area contributed by atoms with Gasteiger partial charge in [0.2, 0.25) is 0 Å². The van der Waals surface area contributed by atoms with Crippen LogP contribution in [0.1, 0.15) is 57.1 Å². The summed E-state index contributed by atoms with van der Waals surface area (Å²) in [6, 6.07) is 9.41. The van der Waals surface area contributed by atoms with Gasteiger partial charge in [0.05, 0.1) is 0 Å². The molecule has 0 spiro atoms. The topological polar surface area (TPSA) is 29.3 Å². The van der Waals surface area contributed by atoms with Crippen molar-refractivity contribution in [2.24, 2.45) is 11.7 Å². The highest BCUT2D eigenvalue weighted by molar-refractivity contribution is 5.26. The zero-order valence-corrected chi connectivity index (χ0v) is 13.1. The fourth-order valence-corrected chi connectivity index (χ4v) is 3.74. The normalized spacial score (nSPS) is 23.2. The van der Waals surface area contributed by atoms with Crippen molar-refractivity contribution in [2.75, 3.05) is 6.54 Å². The van der Waals surface area contributed by atoms with Crippen molar-refractivity contribution in [1.29, 1.82) is 0 Å². The van der Waals surface area contributed by atoms with Gasteiger partial charge in [-0.25, -0.2) is 0 Å². The fraction of sp³-hybridized carbons (Fsp3) is 0.667. The van der Waals surface area contributed by atoms with Crippen LogP contribution in [0.15, 0.2) is 24.3 Å². The quantitative estimate of drug-likeness (QED) is 0.851. The molecule has 0 radical (unpaired) electrons. The lowest BCUT2D eigenvalue weighted by Crippen LogP contribution is -2.42. The number of nitrogens with two attached hydrogens (primary N) is 1. The minimum absolute atomic E-state index is 0.648. The lowest BCUT2D eigenvalue weighted by atomic mass is 9.81. The Balaban J connectivity index is 2.11. The van der Waals surface area contributed by atoms with Crippen LogP contribution in [0.2, 0.25) is 0 Å². The number of rotatable bonds is 6. The van der Waals surface area contributed by atoms with Crippen molar-refractivity contribution in [1.82, 2.24) is 4.90 Å². The molecule has 2 nitrogen and oxygen atoms in total. The van der Waals surface area contributed by atoms with Crippen LogP contribution in [0.4, 0.5) is 0 Å². The molecule has 0 aliphatic heterocycles. The van der Waals surface area contributed by atoms with Crippen LogP contribution < -0.4 is 5.73 Å². The van der Waals surface area contributed by atoms with Gasteiger partial charge in [0.1, 0.15) is 0 Å². The van der Waals surface area contributed by atoms with Crippen molar-refractivity contribution >= 4 is 0 Å². The van der Waals surface area contributed by atoms with Crippen LogP contribution in [0.5, 0.6) is 0 Å². The summed E-state index contributed by atoms with van der Waals surface area (Å²) < 4.78 is 0. The Bertz CT molecular complexity index is 402. The molecular formula is C18H30N2. The first kappa shape index (κ1) is 15.5. The Morgan fingerprint density at radius 2 is 1.80 bits per heavy atom. The van der Waals surface area contributed by atoms with E-state index in [0.29, 0.717) is 6.54 Å². The molecule has 112 valence electrons. The van der Waals surface area contributed by atoms with Crippen LogP contribution in [0.25, 0.3) is 0 Å². The zero-order chi connectivity index (χ0) is 14.4. The van der Waals surface area contributed by atoms with E-state index in [1.807, 2.05) is 0 Å². The van der Waals surface area contributed by atoms with E-state index in [4.69, 9.17) is 5.73 Å². The monoisotopic (exact) mass is 274 g/mol. The van der Waals surface area contributed by atoms with Gasteiger partial charge in [-0.1, -0.05) is 57.4 Å². The number of hydrogen-bond acceptors (Lipinski definition) is 2. The molecule has 2 heteroatoms. The molecule has 2 atom stereocenters. The molecule has 20 heavy (non-hydrogen) atoms. The average Bonchev–Trinajstić information content (AvgIpc) is 2.53. The second kappa shape index (κ2) is 7.80. The predicted molar refractivity (Wildman–Crippen MR) is 86.5 cm³/mol. The minimum Gasteiger partial charge on any atom is -0.326 e. The molecule has 1 aromatic rings. The van der Waals surface area contributed by atoms with Gasteiger partial charge in [0.25, 0.3) is 0 Å². The third-order valence-corrected chi connectivity index (χ3v) is 4.98. The van der Waals surface area contributed by atoms with Gasteiger partial charge in [0, 0.05) is 19.1 Å². The maximum Gasteiger partial charge on any atom is 0.0239 e. The van der Waals surface area contributed by atoms with Crippen molar-refractivity contribution in [3.8, 4) is 0 Å². The smallest absolute Gasteiger partial charge is 0.0239 e. The van der Waals surface area contributed by atoms with Gasteiger partial charge in [-0.3, -0.25) is 4.90 Å². The van der Waals surface area contributed by atoms with Crippen molar-refractivity contribution < 1.29 is 0 Å². The summed E-state index contributed by atoms with van der Waals surface area (Å²) in [6.07, 6.45) is 6.93. The summed E-state index contributed by atoms with van der Waals surface area (Å²) in [5.41, 5.74) is 8.60. The number of benzene rings is 1. The second-order valence-electron chi connectivity index (χ2n) is 6.06. The third-order valence-electron chi connectivity index (χ3n) is 4.98. The van der Waals surface area contributed by atoms with E-state index in [-0.39, 0.29) is 0 Å². The van der Waals surface area contributed by atoms with Gasteiger partial charge in [-0.2, -0.15) is 0 Å². The lowest BCUT2D eigenvalue weighted by Gasteiger charge is -2.39. The summed E-state index contributed by atoms with van der Waals surface area (Å²) in [4.78, 5) is 2.68. The predicted octanol–water partition coefficient (Wildman–Crippen LogP) is 3.94. The lowest BCUT2D eigenvalue weighted by molar-refractivity contribution is 0.0991. The summed E-state index contributed by atoms with van der Waals surface area (Å²) in [6.45, 7) is 7.50. The Kier molecular flexibility index (Phi) is 6.06. The van der Waals surface area contributed by atoms with Gasteiger partial charge < -0.3 is 5.73 Å². The highest BCUT2D eigenvalue weighted by Gasteiger charge is 2.28. The third kappa shape index (κ3) is 3.62. The Morgan fingerprint density at radius 3 is 2.45 bits per heavy atom. The molecule has 1 aliphatic rings. The first-order valence-electron chi connectivity index (χ1n) is 8.31. The average molecular weight is 274 g/mol. The summed E-state index contributed by atoms with van der Waals surface area (Å²) in [7, 11) is 0. The molecule has 0 bridgehead atoms. The highest BCUT2D eigenvalue weighted by Crippen LogP contribution is 2.31. The molecule has 2 rings (SSSR count). The largest absolute Gasteiger partial charge is 0.326 e. The van der Waals surface area contributed by atoms with Crippen molar-refractivity contribution in [3.63, 3.8) is 0 Å². The van der Waals surface area contributed by atoms with Gasteiger partial charge in [-0.15, -0.1) is 0 Å². The van der Waals surface area contributed by atoms with Crippen LogP contribution >= 0.6 is 0 Å². The molecule has 0 amide bonds. The van der Waals surface area contributed by atoms with E-state index >= 15 is 0 Å². The van der Waals surface area contributed by atoms with E-state index in [2.05, 4.69) is 43.0 Å². The summed E-state index contributed by atoms with van der Waals surface area (Å²) >= 11 is 0. The van der Waals surface area contributed by atoms with Crippen LogP contribution in [0.3, 0.4) is 0 Å². The van der Waals surface area contributed by atoms with E-state index in [9.17, 15) is 0 Å². The maximum atomic E-state index is 5.88. The SMILES string of the molecule is CCC1CCCCC1N(CC)Cc1ccccc1CN. The van der Waals surface area contributed by atoms with Crippen LogP contribution in [-0.4, -0.2) is 17.5 Å². The zero-order valence-electron chi connectivity index (χ0n) is 13.1. The molecule has 0 aromatic heterocycles. The molecule has 1 fully saturated rings. The van der Waals surface area contributed by atoms with E-state index < -0.39 is 0 Å². The summed E-state index contributed by atoms with van der Waals surface area (Å²) in [5.74, 6) is 0.883. The highest BCUT2D eigenvalue weighted by atomic mass is 15.2. The minimum atomic E-state index is 0.648. The fourth-order valence-electron chi connectivity index (χ4n) is 3.74. The Labute approximate surface area is 124 Å². The van der Waals surface area contributed by atoms with Crippen LogP contribution in [-0.2, 0) is 13.1 Å². The van der Waals surface area contributed by atoms with Gasteiger partial charge >= 0.3 is 0 Å². The molecule has 2 unspecified atom stereocenters. The van der Waals surface area contributed by atoms with Gasteiger partial charge in [0.15, 0.2) is 0 Å².